The van der Waals surface area contributed by atoms with Crippen LogP contribution in [0.5, 0.6) is 0 Å². The molecular weight excluding hydrogens is 2000 g/mol. The number of sulfonamides is 4. The molecule has 0 radical (unpaired) electrons. The topological polar surface area (TPSA) is 425 Å². The summed E-state index contributed by atoms with van der Waals surface area (Å²) in [5, 5.41) is 24.1. The summed E-state index contributed by atoms with van der Waals surface area (Å²) in [5.74, 6) is -0.0252. The van der Waals surface area contributed by atoms with Gasteiger partial charge in [0.25, 0.3) is 27.8 Å². The summed E-state index contributed by atoms with van der Waals surface area (Å²) in [4.78, 5) is 71.2. The fraction of sp³-hybridized carbons (Fsp3) is 0.346. The molecule has 776 valence electrons. The van der Waals surface area contributed by atoms with Gasteiger partial charge in [0.15, 0.2) is 0 Å². The van der Waals surface area contributed by atoms with Crippen LogP contribution in [0, 0.1) is 35.2 Å². The summed E-state index contributed by atoms with van der Waals surface area (Å²) in [6.07, 6.45) is 41.5. The van der Waals surface area contributed by atoms with E-state index in [-0.39, 0.29) is 55.4 Å². The molecule has 15 aromatic rings. The molecule has 21 rings (SSSR count). The van der Waals surface area contributed by atoms with Crippen LogP contribution in [0.2, 0.25) is 5.02 Å². The summed E-state index contributed by atoms with van der Waals surface area (Å²) in [7, 11) is -11.8. The second kappa shape index (κ2) is 45.1. The van der Waals surface area contributed by atoms with E-state index in [1.165, 1.54) is 86.5 Å². The molecule has 6 fully saturated rings. The number of rotatable bonds is 34. The van der Waals surface area contributed by atoms with Gasteiger partial charge in [-0.05, 0) is 192 Å². The smallest absolute Gasteiger partial charge is 0.250 e. The SMILES string of the molecule is CC(C)Cn1cc(-n2cc(-c3ccc(NS(=O)(=O)C4CC4)c(F)c3)cn2)ccc1=O.CC(C)Cn1cc(-n2cc(-c3ccc(NS(=O)(=O)C4CC4)cc3F)cn2)ccc1=O.CCCn1cc(-n2cc(-c3ccc(NS(=O)(=O)C4CC4)c(F)c3)cn2)ccc1=O.CCCn1cc(-n2cc(-c3cnc(NC4CCCC4)nc3)cn2)ccc1=O.CN1CC(Cn2cc(-n3cc(-c4ccc(NS(=O)(=O)C5CC5)cc4Cl)cn3)ccc2=O)C1. The van der Waals surface area contributed by atoms with Gasteiger partial charge in [-0.1, -0.05) is 84.2 Å². The first-order valence-corrected chi connectivity index (χ1v) is 55.7. The van der Waals surface area contributed by atoms with E-state index in [9.17, 15) is 70.8 Å². The van der Waals surface area contributed by atoms with E-state index in [1.54, 1.807) is 187 Å². The van der Waals surface area contributed by atoms with Crippen LogP contribution >= 0.6 is 11.6 Å². The highest BCUT2D eigenvalue weighted by Crippen LogP contribution is 2.39. The van der Waals surface area contributed by atoms with Gasteiger partial charge in [0.1, 0.15) is 17.5 Å². The minimum atomic E-state index is -3.52. The highest BCUT2D eigenvalue weighted by Gasteiger charge is 2.40. The quantitative estimate of drug-likeness (QED) is 0.0250. The molecule has 5 saturated carbocycles. The van der Waals surface area contributed by atoms with Crippen LogP contribution in [0.25, 0.3) is 84.1 Å². The molecular formula is C104H115ClF3N23O13S4. The van der Waals surface area contributed by atoms with Crippen molar-refractivity contribution in [2.45, 2.75) is 191 Å². The predicted octanol–water partition coefficient (Wildman–Crippen LogP) is 16.0. The Morgan fingerprint density at radius 1 is 0.358 bits per heavy atom. The van der Waals surface area contributed by atoms with E-state index in [4.69, 9.17) is 11.6 Å². The number of aryl methyl sites for hydroxylation is 2. The van der Waals surface area contributed by atoms with Gasteiger partial charge in [-0.25, -0.2) is 80.2 Å². The number of hydrogen-bond donors (Lipinski definition) is 5. The van der Waals surface area contributed by atoms with Gasteiger partial charge in [-0.3, -0.25) is 42.9 Å². The number of pyridine rings is 5. The number of benzene rings is 4. The van der Waals surface area contributed by atoms with Crippen molar-refractivity contribution < 1.29 is 46.8 Å². The summed E-state index contributed by atoms with van der Waals surface area (Å²) in [6, 6.07) is 34.7. The van der Waals surface area contributed by atoms with Crippen molar-refractivity contribution in [2.75, 3.05) is 44.3 Å². The van der Waals surface area contributed by atoms with E-state index >= 15 is 0 Å². The Morgan fingerprint density at radius 3 is 1.06 bits per heavy atom. The zero-order valence-electron chi connectivity index (χ0n) is 82.5. The molecule has 1 saturated heterocycles. The van der Waals surface area contributed by atoms with Crippen molar-refractivity contribution in [3.63, 3.8) is 0 Å². The van der Waals surface area contributed by atoms with Crippen molar-refractivity contribution in [3.05, 3.63) is 313 Å². The molecule has 44 heteroatoms. The maximum atomic E-state index is 14.7. The molecule has 5 aliphatic carbocycles. The van der Waals surface area contributed by atoms with Gasteiger partial charge < -0.3 is 33.1 Å². The van der Waals surface area contributed by atoms with Gasteiger partial charge >= 0.3 is 0 Å². The molecule has 0 unspecified atom stereocenters. The zero-order valence-corrected chi connectivity index (χ0v) is 86.5. The molecule has 0 spiro atoms. The van der Waals surface area contributed by atoms with E-state index in [1.807, 2.05) is 71.8 Å². The Balaban J connectivity index is 0.000000126. The Bertz CT molecular complexity index is 8170. The average molecular weight is 2120 g/mol. The second-order valence-corrected chi connectivity index (χ2v) is 47.1. The van der Waals surface area contributed by atoms with E-state index in [2.05, 4.69) is 78.5 Å². The monoisotopic (exact) mass is 2110 g/mol. The third-order valence-corrected chi connectivity index (χ3v) is 33.2. The summed E-state index contributed by atoms with van der Waals surface area (Å²) >= 11 is 6.46. The fourth-order valence-electron chi connectivity index (χ4n) is 17.1. The fourth-order valence-corrected chi connectivity index (χ4v) is 22.9. The molecule has 1 aliphatic heterocycles. The predicted molar refractivity (Wildman–Crippen MR) is 566 cm³/mol. The standard InChI is InChI=1S/C22H24ClN5O3S.2C21H23FN4O3S.C20H21FN4O3S.C20H24N6O/c1-26-10-15(11-26)12-27-14-18(3-7-22(27)29)28-13-16(9-24-28)20-6-2-17(8-21(20)23)25-32(30,31)19-4-5-19;1-14(2)11-25-13-17(4-8-21(25)27)26-12-15(10-23-26)19-7-3-16(9-20(19)22)24-30(28,29)18-5-6-18;1-14(2)11-25-13-17(4-8-21(25)27)26-12-16(10-23-26)15-3-7-20(19(22)9-15)24-30(28,29)18-5-6-18;1-2-9-24-13-16(4-8-20(24)26)25-12-15(11-22-25)14-3-7-19(18(21)10-14)23-29(27,28)17-5-6-17;1-2-9-25-14-18(7-8-19(25)27)26-13-16(12-23-26)15-10-21-20(22-11-15)24-17-5-3-4-6-17/h2-3,6-9,13-15,19,25H,4-5,10-12H2,1H3;2*3-4,7-10,12-14,18,24H,5-6,11H2,1-2H3;3-4,7-8,10-13,17,23H,2,5-6,9H2,1H3;7-8,10-14,17H,2-6,9H2,1H3,(H,21,22,24). The van der Waals surface area contributed by atoms with E-state index in [0.717, 1.165) is 70.9 Å². The van der Waals surface area contributed by atoms with Gasteiger partial charge in [-0.15, -0.1) is 0 Å². The minimum Gasteiger partial charge on any atom is -0.351 e. The van der Waals surface area contributed by atoms with Crippen molar-refractivity contribution in [1.29, 1.82) is 0 Å². The average Bonchev–Trinajstić information content (AvgIpc) is 1.64. The Hall–Kier alpha value is -14.4. The van der Waals surface area contributed by atoms with Crippen LogP contribution in [-0.4, -0.2) is 167 Å². The number of nitrogens with one attached hydrogen (secondary N) is 5. The van der Waals surface area contributed by atoms with Gasteiger partial charge in [-0.2, -0.15) is 25.5 Å². The normalized spacial score (nSPS) is 15.0. The first kappa shape index (κ1) is 105. The lowest BCUT2D eigenvalue weighted by Crippen LogP contribution is -2.46. The molecule has 4 aromatic carbocycles. The molecule has 148 heavy (non-hydrogen) atoms. The van der Waals surface area contributed by atoms with E-state index < -0.39 is 68.0 Å². The Kier molecular flexibility index (Phi) is 32.0. The lowest BCUT2D eigenvalue weighted by atomic mass is 10.0. The van der Waals surface area contributed by atoms with Crippen molar-refractivity contribution >= 4 is 80.4 Å². The van der Waals surface area contributed by atoms with Crippen molar-refractivity contribution in [3.8, 4) is 84.1 Å². The van der Waals surface area contributed by atoms with Crippen LogP contribution in [0.15, 0.2) is 263 Å². The lowest BCUT2D eigenvalue weighted by molar-refractivity contribution is 0.118. The summed E-state index contributed by atoms with van der Waals surface area (Å²) in [5.41, 5.74) is 10.8. The third-order valence-electron chi connectivity index (χ3n) is 25.4. The van der Waals surface area contributed by atoms with Gasteiger partial charge in [0.2, 0.25) is 46.0 Å². The molecule has 0 bridgehead atoms. The number of likely N-dealkylation sites (tertiary alicyclic amines) is 1. The molecule has 12 heterocycles. The van der Waals surface area contributed by atoms with Crippen LogP contribution in [0.3, 0.4) is 0 Å². The van der Waals surface area contributed by atoms with Gasteiger partial charge in [0, 0.05) is 213 Å². The summed E-state index contributed by atoms with van der Waals surface area (Å²) < 4.78 is 166. The summed E-state index contributed by atoms with van der Waals surface area (Å²) in [6.45, 7) is 17.4. The maximum Gasteiger partial charge on any atom is 0.250 e. The molecule has 6 aliphatic rings. The molecule has 36 nitrogen and oxygen atoms in total. The maximum absolute atomic E-state index is 14.7. The van der Waals surface area contributed by atoms with Crippen LogP contribution in [0.4, 0.5) is 41.9 Å². The van der Waals surface area contributed by atoms with Crippen LogP contribution in [0.1, 0.15) is 131 Å². The second-order valence-electron chi connectivity index (χ2n) is 38.8. The Morgan fingerprint density at radius 2 is 0.696 bits per heavy atom. The van der Waals surface area contributed by atoms with Crippen molar-refractivity contribution in [1.82, 2.24) is 86.6 Å². The number of nitrogens with zero attached hydrogens (tertiary/aromatic N) is 18. The molecule has 5 N–H and O–H groups in total. The number of aromatic nitrogens is 17. The molecule has 0 amide bonds. The third kappa shape index (κ3) is 26.6. The minimum absolute atomic E-state index is 0.00623. The van der Waals surface area contributed by atoms with E-state index in [0.29, 0.717) is 164 Å². The largest absolute Gasteiger partial charge is 0.351 e. The first-order valence-electron chi connectivity index (χ1n) is 49.2. The molecule has 0 atom stereocenters. The Labute approximate surface area is 858 Å². The van der Waals surface area contributed by atoms with Crippen LogP contribution in [-0.2, 0) is 72.8 Å². The molecule has 11 aromatic heterocycles. The number of anilines is 5. The highest BCUT2D eigenvalue weighted by atomic mass is 35.5. The van der Waals surface area contributed by atoms with Crippen LogP contribution < -0.4 is 52.0 Å². The lowest BCUT2D eigenvalue weighted by Gasteiger charge is -2.36. The first-order chi connectivity index (χ1) is 70.8. The number of halogens is 4. The van der Waals surface area contributed by atoms with Crippen molar-refractivity contribution in [2.24, 2.45) is 17.8 Å². The zero-order chi connectivity index (χ0) is 105. The highest BCUT2D eigenvalue weighted by molar-refractivity contribution is 7.94. The van der Waals surface area contributed by atoms with Gasteiger partial charge in [0.05, 0.1) is 103 Å². The number of hydrogen-bond acceptors (Lipinski definition) is 22.